The highest BCUT2D eigenvalue weighted by molar-refractivity contribution is 8.76. The second-order valence-corrected chi connectivity index (χ2v) is 27.2. The number of ether oxygens (including phenoxy) is 2. The first-order chi connectivity index (χ1) is 39.9. The van der Waals surface area contributed by atoms with Crippen molar-refractivity contribution in [2.24, 2.45) is 23.2 Å². The lowest BCUT2D eigenvalue weighted by Gasteiger charge is -2.63. The van der Waals surface area contributed by atoms with Gasteiger partial charge >= 0.3 is 12.1 Å². The smallest absolute Gasteiger partial charge is 0.426 e. The summed E-state index contributed by atoms with van der Waals surface area (Å²) in [5.41, 5.74) is 4.43. The van der Waals surface area contributed by atoms with Crippen molar-refractivity contribution in [1.29, 1.82) is 0 Å². The van der Waals surface area contributed by atoms with Crippen molar-refractivity contribution >= 4 is 67.8 Å². The Morgan fingerprint density at radius 1 is 0.952 bits per heavy atom. The second kappa shape index (κ2) is 25.0. The molecule has 5 aliphatic heterocycles. The summed E-state index contributed by atoms with van der Waals surface area (Å²) >= 11 is 0. The number of methoxy groups -OCH3 is 1. The summed E-state index contributed by atoms with van der Waals surface area (Å²) < 4.78 is 11.8. The number of carbonyl (C=O) groups is 5. The molecule has 0 radical (unpaired) electrons. The van der Waals surface area contributed by atoms with E-state index in [4.69, 9.17) is 9.47 Å². The number of amides is 3. The Bertz CT molecular complexity index is 2990. The lowest BCUT2D eigenvalue weighted by molar-refractivity contribution is -0.204. The van der Waals surface area contributed by atoms with Gasteiger partial charge in [-0.2, -0.15) is 0 Å². The number of nitrogens with one attached hydrogen (secondary N) is 4. The van der Waals surface area contributed by atoms with Crippen LogP contribution in [0.4, 0.5) is 10.5 Å². The number of anilines is 1. The number of hydrogen-bond donors (Lipinski definition) is 12. The maximum absolute atomic E-state index is 15.1. The summed E-state index contributed by atoms with van der Waals surface area (Å²) in [5, 5.41) is 92.4. The number of hydrogen-bond acceptors (Lipinski definition) is 19. The van der Waals surface area contributed by atoms with Crippen molar-refractivity contribution in [2.75, 3.05) is 76.5 Å². The molecule has 1 spiro atoms. The van der Waals surface area contributed by atoms with Crippen LogP contribution in [0.3, 0.4) is 0 Å². The first-order valence-electron chi connectivity index (χ1n) is 29.4. The Labute approximate surface area is 497 Å². The minimum Gasteiger partial charge on any atom is -0.496 e. The van der Waals surface area contributed by atoms with Crippen LogP contribution in [0.25, 0.3) is 10.9 Å². The molecule has 3 fully saturated rings. The molecule has 6 aliphatic rings. The number of ketones is 1. The van der Waals surface area contributed by atoms with Gasteiger partial charge in [0.2, 0.25) is 5.91 Å². The maximum Gasteiger partial charge on any atom is 0.426 e. The highest BCUT2D eigenvalue weighted by Crippen LogP contribution is 2.67. The molecule has 6 heterocycles. The van der Waals surface area contributed by atoms with Gasteiger partial charge in [-0.1, -0.05) is 79.6 Å². The molecule has 1 unspecified atom stereocenters. The number of carboxylic acids is 1. The molecule has 24 heteroatoms. The van der Waals surface area contributed by atoms with E-state index in [1.165, 1.54) is 5.56 Å². The van der Waals surface area contributed by atoms with Crippen molar-refractivity contribution in [3.05, 3.63) is 70.9 Å². The van der Waals surface area contributed by atoms with E-state index in [1.54, 1.807) is 21.0 Å². The number of aliphatic carboxylic acids is 1. The highest BCUT2D eigenvalue weighted by Gasteiger charge is 2.79. The van der Waals surface area contributed by atoms with Crippen LogP contribution >= 0.6 is 21.6 Å². The van der Waals surface area contributed by atoms with E-state index < -0.39 is 118 Å². The van der Waals surface area contributed by atoms with E-state index in [2.05, 4.69) is 69.1 Å². The van der Waals surface area contributed by atoms with Gasteiger partial charge in [0, 0.05) is 113 Å². The normalized spacial score (nSPS) is 31.7. The molecule has 2 saturated heterocycles. The van der Waals surface area contributed by atoms with Crippen molar-refractivity contribution in [3.63, 3.8) is 0 Å². The first kappa shape index (κ1) is 63.5. The van der Waals surface area contributed by atoms with Gasteiger partial charge in [0.25, 0.3) is 5.91 Å². The number of Topliss-reactive ketones (excluding diaryl/α,β-unsaturated/α-hetero) is 1. The standard InChI is InChI=1S/C60H85N7O15S2/c1-8-33(4)49(73)62-45(47(72)46(71)43(70)30-68)42(69)24-35(50(74)75)31-84-83-23-22-82-55(78)64-63-54(77)60(80)52-59(18-21-67-19-13-17-58(10-3,51(59)67)53(60)76)38-25-39(44(81-7)26-41(38)65(52)6)56(5)27-34-28-57(79,9-2)32-66(29-34)20-16-37-36-14-11-12-15-40(36)61-48(37)56/h11-15,17,25-26,33-35,43,45-47,51-53,61,68,70-72,76,79-80H,8-10,16,18-24,27-32H2,1-7H3,(H,62,73)(H,63,77)(H,64,78)(H,74,75)/t33-,34+,35+,43-,45-,46-,47-,51+,52-,53-,56-,57+,58-,59-,60+/m1/s1. The van der Waals surface area contributed by atoms with Gasteiger partial charge in [-0.15, -0.1) is 0 Å². The van der Waals surface area contributed by atoms with E-state index in [-0.39, 0.29) is 30.1 Å². The van der Waals surface area contributed by atoms with E-state index in [9.17, 15) is 60.0 Å². The zero-order valence-electron chi connectivity index (χ0n) is 49.0. The minimum atomic E-state index is -2.55. The average Bonchev–Trinajstić information content (AvgIpc) is 1.50. The third kappa shape index (κ3) is 11.0. The number of para-hydroxylation sites is 1. The Kier molecular flexibility index (Phi) is 18.9. The topological polar surface area (TPSA) is 327 Å². The van der Waals surface area contributed by atoms with Crippen LogP contribution in [0.5, 0.6) is 5.75 Å². The molecule has 1 aliphatic carbocycles. The lowest BCUT2D eigenvalue weighted by atomic mass is 9.47. The summed E-state index contributed by atoms with van der Waals surface area (Å²) in [6.07, 6.45) is -1.42. The van der Waals surface area contributed by atoms with Crippen LogP contribution in [0.15, 0.2) is 48.6 Å². The Morgan fingerprint density at radius 3 is 2.39 bits per heavy atom. The maximum atomic E-state index is 15.1. The van der Waals surface area contributed by atoms with Gasteiger partial charge in [0.1, 0.15) is 42.8 Å². The molecule has 3 amide bonds. The number of likely N-dealkylation sites (N-methyl/N-ethyl adjacent to an activating group) is 1. The Hall–Kier alpha value is -4.99. The number of carboxylic acid groups (broad SMARTS) is 1. The van der Waals surface area contributed by atoms with Crippen molar-refractivity contribution in [1.82, 2.24) is 31.0 Å². The SMILES string of the molecule is CC[C@@H](C)C(=O)N[C@H](C(=O)C[C@@H](CSSCCOC(=O)NNC(=O)[C@@]1(O)[C@H](O)[C@]2(CC)C=CCN3CC[C@@]4(c5cc([C@@]6(C)C[C@@H]7CN(CCc8c6[nH]c6ccccc86)C[C@](O)(CC)C7)c(OC)cc5N(C)[C@@H]14)[C@@H]32)C(=O)O)[C@@H](O)[C@H](O)[C@H](O)CO. The van der Waals surface area contributed by atoms with Crippen molar-refractivity contribution in [2.45, 2.75) is 151 Å². The summed E-state index contributed by atoms with van der Waals surface area (Å²) in [4.78, 5) is 77.5. The number of carbonyl (C=O) groups excluding carboxylic acids is 4. The molecule has 22 nitrogen and oxygen atoms in total. The highest BCUT2D eigenvalue weighted by atomic mass is 33.1. The van der Waals surface area contributed by atoms with Crippen LogP contribution in [0.2, 0.25) is 0 Å². The number of hydrazine groups is 1. The van der Waals surface area contributed by atoms with Gasteiger partial charge in [-0.25, -0.2) is 10.2 Å². The van der Waals surface area contributed by atoms with Crippen molar-refractivity contribution < 1.29 is 74.3 Å². The van der Waals surface area contributed by atoms with Crippen molar-refractivity contribution in [3.8, 4) is 5.75 Å². The van der Waals surface area contributed by atoms with Gasteiger partial charge in [0.15, 0.2) is 11.4 Å². The Balaban J connectivity index is 0.936. The zero-order valence-corrected chi connectivity index (χ0v) is 50.6. The number of fused-ring (bicyclic) bond motifs is 6. The number of H-pyrrole nitrogens is 1. The first-order valence-corrected chi connectivity index (χ1v) is 31.9. The molecule has 2 aromatic carbocycles. The molecular formula is C60H85N7O15S2. The number of aromatic nitrogens is 1. The summed E-state index contributed by atoms with van der Waals surface area (Å²) in [5.74, 6) is -5.18. The molecule has 2 bridgehead atoms. The van der Waals surface area contributed by atoms with Gasteiger partial charge in [0.05, 0.1) is 31.3 Å². The third-order valence-corrected chi connectivity index (χ3v) is 22.3. The summed E-state index contributed by atoms with van der Waals surface area (Å²) in [7, 11) is 5.64. The molecule has 1 saturated carbocycles. The molecule has 3 aromatic rings. The molecule has 12 N–H and O–H groups in total. The number of aliphatic hydroxyl groups is 7. The monoisotopic (exact) mass is 1210 g/mol. The fourth-order valence-corrected chi connectivity index (χ4v) is 17.6. The largest absolute Gasteiger partial charge is 0.496 e. The lowest BCUT2D eigenvalue weighted by Crippen LogP contribution is -2.82. The van der Waals surface area contributed by atoms with Gasteiger partial charge < -0.3 is 65.5 Å². The number of piperidine rings is 1. The molecule has 84 heavy (non-hydrogen) atoms. The van der Waals surface area contributed by atoms with E-state index in [0.717, 1.165) is 74.5 Å². The second-order valence-electron chi connectivity index (χ2n) is 24.6. The summed E-state index contributed by atoms with van der Waals surface area (Å²) in [6.45, 7) is 11.8. The Morgan fingerprint density at radius 2 is 1.70 bits per heavy atom. The van der Waals surface area contributed by atoms with Crippen LogP contribution in [-0.2, 0) is 41.2 Å². The predicted octanol–water partition coefficient (Wildman–Crippen LogP) is 2.50. The van der Waals surface area contributed by atoms with E-state index in [1.807, 2.05) is 43.2 Å². The molecular weight excluding hydrogens is 1120 g/mol. The zero-order chi connectivity index (χ0) is 60.8. The van der Waals surface area contributed by atoms with Crippen LogP contribution in [0, 0.1) is 23.2 Å². The molecule has 1 aromatic heterocycles. The fourth-order valence-electron chi connectivity index (χ4n) is 15.5. The van der Waals surface area contributed by atoms with E-state index in [0.29, 0.717) is 63.9 Å². The number of benzene rings is 2. The minimum absolute atomic E-state index is 0.115. The third-order valence-electron chi connectivity index (χ3n) is 19.8. The van der Waals surface area contributed by atoms with Crippen LogP contribution in [-0.4, -0.2) is 211 Å². The summed E-state index contributed by atoms with van der Waals surface area (Å²) in [6, 6.07) is 9.43. The average molecular weight is 1210 g/mol. The quantitative estimate of drug-likeness (QED) is 0.0298. The number of rotatable bonds is 22. The van der Waals surface area contributed by atoms with Gasteiger partial charge in [-0.05, 0) is 87.6 Å². The van der Waals surface area contributed by atoms with Crippen LogP contribution in [0.1, 0.15) is 102 Å². The molecule has 16 atom stereocenters. The number of nitrogens with zero attached hydrogens (tertiary/aromatic N) is 3. The molecule has 9 rings (SSSR count). The fraction of sp³-hybridized carbons (Fsp3) is 0.650. The number of aliphatic hydroxyl groups excluding tert-OH is 5. The predicted molar refractivity (Wildman–Crippen MR) is 317 cm³/mol. The van der Waals surface area contributed by atoms with E-state index >= 15 is 4.79 Å². The number of aromatic amines is 1. The van der Waals surface area contributed by atoms with Crippen LogP contribution < -0.4 is 25.8 Å². The van der Waals surface area contributed by atoms with Gasteiger partial charge in [-0.3, -0.25) is 34.4 Å². The molecule has 462 valence electrons.